The highest BCUT2D eigenvalue weighted by atomic mass is 16.5. The van der Waals surface area contributed by atoms with E-state index in [9.17, 15) is 0 Å². The molecule has 0 aliphatic carbocycles. The van der Waals surface area contributed by atoms with E-state index >= 15 is 0 Å². The summed E-state index contributed by atoms with van der Waals surface area (Å²) in [5, 5.41) is 6.20. The van der Waals surface area contributed by atoms with Gasteiger partial charge >= 0.3 is 6.01 Å². The number of hydrogen-bond donors (Lipinski definition) is 2. The monoisotopic (exact) mass is 522 g/mol. The van der Waals surface area contributed by atoms with E-state index in [0.29, 0.717) is 24.7 Å². The number of nitrogens with one attached hydrogen (secondary N) is 2. The van der Waals surface area contributed by atoms with Crippen molar-refractivity contribution in [2.24, 2.45) is 0 Å². The molecule has 8 rings (SSSR count). The van der Waals surface area contributed by atoms with Crippen LogP contribution in [0, 0.1) is 0 Å². The molecule has 7 heteroatoms. The van der Waals surface area contributed by atoms with Crippen LogP contribution in [0.25, 0.3) is 32.9 Å². The predicted molar refractivity (Wildman–Crippen MR) is 157 cm³/mol. The Balaban J connectivity index is 1.21. The first-order valence-electron chi connectivity index (χ1n) is 15.0. The number of aromatic nitrogens is 3. The van der Waals surface area contributed by atoms with Crippen molar-refractivity contribution in [3.8, 4) is 17.1 Å². The maximum Gasteiger partial charge on any atom is 0.319 e. The third-order valence-corrected chi connectivity index (χ3v) is 9.94. The molecule has 2 bridgehead atoms. The van der Waals surface area contributed by atoms with Crippen molar-refractivity contribution in [3.63, 3.8) is 0 Å². The number of fused-ring (bicyclic) bond motifs is 5. The number of hydrogen-bond acceptors (Lipinski definition) is 6. The number of anilines is 1. The molecule has 0 spiro atoms. The molecule has 2 N–H and O–H groups in total. The summed E-state index contributed by atoms with van der Waals surface area (Å²) >= 11 is 0. The fourth-order valence-electron chi connectivity index (χ4n) is 7.98. The number of ether oxygens (including phenoxy) is 1. The molecular weight excluding hydrogens is 484 g/mol. The molecular formula is C32H38N6O. The van der Waals surface area contributed by atoms with E-state index in [1.807, 2.05) is 0 Å². The Morgan fingerprint density at radius 1 is 1.03 bits per heavy atom. The van der Waals surface area contributed by atoms with E-state index in [1.165, 1.54) is 79.2 Å². The molecule has 0 amide bonds. The average molecular weight is 523 g/mol. The maximum atomic E-state index is 6.53. The summed E-state index contributed by atoms with van der Waals surface area (Å²) < 4.78 is 6.53. The van der Waals surface area contributed by atoms with E-state index in [-0.39, 0.29) is 5.54 Å². The highest BCUT2D eigenvalue weighted by Crippen LogP contribution is 2.40. The van der Waals surface area contributed by atoms with E-state index < -0.39 is 0 Å². The number of H-pyrrole nitrogens is 1. The second-order valence-corrected chi connectivity index (χ2v) is 12.2. The van der Waals surface area contributed by atoms with Crippen LogP contribution in [0.15, 0.2) is 42.6 Å². The van der Waals surface area contributed by atoms with Crippen LogP contribution < -0.4 is 15.0 Å². The van der Waals surface area contributed by atoms with E-state index in [1.54, 1.807) is 0 Å². The van der Waals surface area contributed by atoms with Gasteiger partial charge in [0, 0.05) is 53.2 Å². The molecule has 2 aromatic heterocycles. The van der Waals surface area contributed by atoms with Crippen LogP contribution in [0.3, 0.4) is 0 Å². The lowest BCUT2D eigenvalue weighted by Crippen LogP contribution is -2.51. The molecule has 39 heavy (non-hydrogen) atoms. The molecule has 202 valence electrons. The van der Waals surface area contributed by atoms with Gasteiger partial charge in [0.25, 0.3) is 0 Å². The minimum atomic E-state index is 0.176. The van der Waals surface area contributed by atoms with Gasteiger partial charge in [-0.15, -0.1) is 0 Å². The van der Waals surface area contributed by atoms with Crippen molar-refractivity contribution in [2.45, 2.75) is 69.5 Å². The first-order valence-corrected chi connectivity index (χ1v) is 15.0. The Morgan fingerprint density at radius 3 is 2.64 bits per heavy atom. The second kappa shape index (κ2) is 9.20. The van der Waals surface area contributed by atoms with Gasteiger partial charge in [0.05, 0.1) is 11.1 Å². The zero-order chi connectivity index (χ0) is 26.0. The number of aryl methyl sites for hydroxylation is 1. The maximum absolute atomic E-state index is 6.53. The molecule has 4 aromatic rings. The number of piperazine rings is 1. The minimum Gasteiger partial charge on any atom is -0.461 e. The molecule has 0 saturated carbocycles. The highest BCUT2D eigenvalue weighted by molar-refractivity contribution is 6.01. The van der Waals surface area contributed by atoms with Crippen LogP contribution in [0.4, 0.5) is 5.82 Å². The van der Waals surface area contributed by atoms with Crippen LogP contribution >= 0.6 is 0 Å². The summed E-state index contributed by atoms with van der Waals surface area (Å²) in [6.45, 7) is 7.29. The van der Waals surface area contributed by atoms with Crippen molar-refractivity contribution in [3.05, 3.63) is 48.2 Å². The zero-order valence-electron chi connectivity index (χ0n) is 22.9. The van der Waals surface area contributed by atoms with E-state index in [2.05, 4.69) is 69.6 Å². The second-order valence-electron chi connectivity index (χ2n) is 12.2. The standard InChI is InChI=1S/C32H38N6O/c1-2-21-6-3-7-27-29(21)26(17-33-27)22-8-11-25-28(16-22)35-31(39-20-32-12-4-14-38(32)15-5-13-32)36-30(25)37-18-23-9-10-24(19-37)34-23/h3,6-8,11,16-17,23-24,33-34H,2,4-5,9-10,12-15,18-20H2,1H3/t23-,24+. The van der Waals surface area contributed by atoms with Crippen molar-refractivity contribution < 1.29 is 4.74 Å². The van der Waals surface area contributed by atoms with Crippen molar-refractivity contribution in [1.29, 1.82) is 0 Å². The molecule has 0 radical (unpaired) electrons. The number of rotatable bonds is 6. The average Bonchev–Trinajstić information content (AvgIpc) is 3.74. The topological polar surface area (TPSA) is 69.3 Å². The van der Waals surface area contributed by atoms with Gasteiger partial charge < -0.3 is 19.9 Å². The van der Waals surface area contributed by atoms with Gasteiger partial charge in [-0.05, 0) is 87.4 Å². The quantitative estimate of drug-likeness (QED) is 0.359. The van der Waals surface area contributed by atoms with Crippen LogP contribution in [0.1, 0.15) is 51.0 Å². The smallest absolute Gasteiger partial charge is 0.319 e. The van der Waals surface area contributed by atoms with Crippen molar-refractivity contribution >= 4 is 27.6 Å². The largest absolute Gasteiger partial charge is 0.461 e. The van der Waals surface area contributed by atoms with Crippen molar-refractivity contribution in [1.82, 2.24) is 25.2 Å². The summed E-state index contributed by atoms with van der Waals surface area (Å²) in [5.41, 5.74) is 6.11. The first-order chi connectivity index (χ1) is 19.2. The predicted octanol–water partition coefficient (Wildman–Crippen LogP) is 5.29. The Morgan fingerprint density at radius 2 is 1.85 bits per heavy atom. The lowest BCUT2D eigenvalue weighted by molar-refractivity contribution is 0.108. The Bertz CT molecular complexity index is 1520. The van der Waals surface area contributed by atoms with Crippen LogP contribution in [-0.2, 0) is 6.42 Å². The molecule has 4 aliphatic rings. The highest BCUT2D eigenvalue weighted by Gasteiger charge is 2.45. The van der Waals surface area contributed by atoms with E-state index in [0.717, 1.165) is 36.2 Å². The molecule has 6 heterocycles. The Kier molecular flexibility index (Phi) is 5.59. The fourth-order valence-corrected chi connectivity index (χ4v) is 7.98. The molecule has 4 aliphatic heterocycles. The fraction of sp³-hybridized carbons (Fsp3) is 0.500. The van der Waals surface area contributed by atoms with Gasteiger partial charge in [-0.1, -0.05) is 25.1 Å². The molecule has 4 saturated heterocycles. The van der Waals surface area contributed by atoms with Gasteiger partial charge in [0.15, 0.2) is 0 Å². The van der Waals surface area contributed by atoms with Gasteiger partial charge in [-0.3, -0.25) is 4.90 Å². The summed E-state index contributed by atoms with van der Waals surface area (Å²) in [7, 11) is 0. The third kappa shape index (κ3) is 3.93. The normalized spacial score (nSPS) is 24.2. The van der Waals surface area contributed by atoms with Crippen LogP contribution in [0.2, 0.25) is 0 Å². The summed E-state index contributed by atoms with van der Waals surface area (Å²) in [4.78, 5) is 18.8. The molecule has 4 fully saturated rings. The van der Waals surface area contributed by atoms with Crippen LogP contribution in [0.5, 0.6) is 6.01 Å². The molecule has 7 nitrogen and oxygen atoms in total. The van der Waals surface area contributed by atoms with Gasteiger partial charge in [0.2, 0.25) is 0 Å². The van der Waals surface area contributed by atoms with Gasteiger partial charge in [0.1, 0.15) is 12.4 Å². The van der Waals surface area contributed by atoms with Gasteiger partial charge in [-0.25, -0.2) is 0 Å². The lowest BCUT2D eigenvalue weighted by atomic mass is 9.95. The zero-order valence-corrected chi connectivity index (χ0v) is 22.9. The van der Waals surface area contributed by atoms with Crippen molar-refractivity contribution in [2.75, 3.05) is 37.7 Å². The molecule has 0 unspecified atom stereocenters. The molecule has 2 aromatic carbocycles. The SMILES string of the molecule is CCc1cccc2[nH]cc(-c3ccc4c(N5C[C@H]6CC[C@@H](C5)N6)nc(OCC56CCCN5CCC6)nc4c3)c12. The lowest BCUT2D eigenvalue weighted by Gasteiger charge is -2.34. The summed E-state index contributed by atoms with van der Waals surface area (Å²) in [5.74, 6) is 1.03. The number of benzene rings is 2. The number of aromatic amines is 1. The molecule has 2 atom stereocenters. The third-order valence-electron chi connectivity index (χ3n) is 9.94. The minimum absolute atomic E-state index is 0.176. The van der Waals surface area contributed by atoms with Crippen LogP contribution in [-0.4, -0.2) is 70.3 Å². The Labute approximate surface area is 229 Å². The number of nitrogens with zero attached hydrogens (tertiary/aromatic N) is 4. The summed E-state index contributed by atoms with van der Waals surface area (Å²) in [6, 6.07) is 14.9. The Hall–Kier alpha value is -3.16. The first kappa shape index (κ1) is 23.7. The van der Waals surface area contributed by atoms with Gasteiger partial charge in [-0.2, -0.15) is 9.97 Å². The summed E-state index contributed by atoms with van der Waals surface area (Å²) in [6.07, 6.45) is 10.6. The van der Waals surface area contributed by atoms with E-state index in [4.69, 9.17) is 14.7 Å².